The van der Waals surface area contributed by atoms with Gasteiger partial charge in [-0.15, -0.1) is 11.3 Å². The standard InChI is InChI=1S/C43H37FN6O2S/c1-26-24-45-41-37(46-26)32(25-50(41)43(29-12-5-2-6-13-29,30-14-7-3-8-15-30)31-16-9-4-10-17-31)39-48-38(33-18-11-23-53-33)35(44)40(49-39)47-36-28-21-19-27(20-22-28)34(36)42(51)52/h2-18,23-25,27-28,34,36H,19-22H2,1H3,(H,51,52)(H,47,48,49). The number of halogens is 1. The number of hydrogen-bond donors (Lipinski definition) is 2. The van der Waals surface area contributed by atoms with Crippen molar-refractivity contribution in [1.82, 2.24) is 24.5 Å². The average molecular weight is 721 g/mol. The minimum absolute atomic E-state index is 0.00385. The molecule has 0 radical (unpaired) electrons. The molecule has 264 valence electrons. The van der Waals surface area contributed by atoms with Crippen molar-refractivity contribution < 1.29 is 14.3 Å². The van der Waals surface area contributed by atoms with Crippen LogP contribution in [0.2, 0.25) is 0 Å². The largest absolute Gasteiger partial charge is 0.481 e. The molecule has 10 rings (SSSR count). The van der Waals surface area contributed by atoms with Crippen LogP contribution in [-0.4, -0.2) is 41.6 Å². The topological polar surface area (TPSA) is 106 Å². The summed E-state index contributed by atoms with van der Waals surface area (Å²) in [7, 11) is 0. The lowest BCUT2D eigenvalue weighted by molar-refractivity contribution is -0.148. The van der Waals surface area contributed by atoms with Gasteiger partial charge in [0.25, 0.3) is 0 Å². The molecule has 3 fully saturated rings. The minimum atomic E-state index is -0.905. The second-order valence-electron chi connectivity index (χ2n) is 14.1. The lowest BCUT2D eigenvalue weighted by atomic mass is 9.61. The number of rotatable bonds is 9. The van der Waals surface area contributed by atoms with Crippen LogP contribution in [0.3, 0.4) is 0 Å². The van der Waals surface area contributed by atoms with Crippen molar-refractivity contribution in [2.24, 2.45) is 17.8 Å². The Morgan fingerprint density at radius 1 is 0.830 bits per heavy atom. The first-order valence-electron chi connectivity index (χ1n) is 18.1. The maximum atomic E-state index is 16.7. The fourth-order valence-corrected chi connectivity index (χ4v) is 9.57. The van der Waals surface area contributed by atoms with Crippen LogP contribution in [0.5, 0.6) is 0 Å². The molecule has 0 aliphatic heterocycles. The highest BCUT2D eigenvalue weighted by Gasteiger charge is 2.48. The molecule has 0 saturated heterocycles. The number of aromatic nitrogens is 5. The lowest BCUT2D eigenvalue weighted by Crippen LogP contribution is -2.51. The molecule has 3 saturated carbocycles. The molecule has 2 unspecified atom stereocenters. The molecule has 3 aliphatic carbocycles. The second-order valence-corrected chi connectivity index (χ2v) is 15.1. The molecule has 53 heavy (non-hydrogen) atoms. The summed E-state index contributed by atoms with van der Waals surface area (Å²) in [4.78, 5) is 33.2. The predicted molar refractivity (Wildman–Crippen MR) is 205 cm³/mol. The van der Waals surface area contributed by atoms with Crippen molar-refractivity contribution in [2.75, 3.05) is 5.32 Å². The van der Waals surface area contributed by atoms with Gasteiger partial charge in [-0.1, -0.05) is 97.1 Å². The Balaban J connectivity index is 1.31. The zero-order chi connectivity index (χ0) is 36.1. The van der Waals surface area contributed by atoms with Crippen LogP contribution >= 0.6 is 11.3 Å². The molecule has 7 aromatic rings. The predicted octanol–water partition coefficient (Wildman–Crippen LogP) is 9.21. The van der Waals surface area contributed by atoms with E-state index in [0.717, 1.165) is 42.4 Å². The fraction of sp³-hybridized carbons (Fsp3) is 0.233. The average Bonchev–Trinajstić information content (AvgIpc) is 3.87. The summed E-state index contributed by atoms with van der Waals surface area (Å²) < 4.78 is 18.9. The number of fused-ring (bicyclic) bond motifs is 4. The van der Waals surface area contributed by atoms with E-state index in [0.29, 0.717) is 27.3 Å². The number of aryl methyl sites for hydroxylation is 1. The first kappa shape index (κ1) is 33.1. The molecule has 4 heterocycles. The second kappa shape index (κ2) is 13.3. The number of benzene rings is 3. The highest BCUT2D eigenvalue weighted by molar-refractivity contribution is 7.13. The summed E-state index contributed by atoms with van der Waals surface area (Å²) in [5.41, 5.74) is 4.77. The van der Waals surface area contributed by atoms with Gasteiger partial charge in [0, 0.05) is 12.2 Å². The van der Waals surface area contributed by atoms with Crippen molar-refractivity contribution in [2.45, 2.75) is 44.2 Å². The maximum absolute atomic E-state index is 16.7. The summed E-state index contributed by atoms with van der Waals surface area (Å²) in [6.07, 6.45) is 7.32. The van der Waals surface area contributed by atoms with E-state index in [2.05, 4.69) is 46.3 Å². The van der Waals surface area contributed by atoms with E-state index < -0.39 is 29.3 Å². The first-order valence-corrected chi connectivity index (χ1v) is 18.9. The zero-order valence-electron chi connectivity index (χ0n) is 29.1. The summed E-state index contributed by atoms with van der Waals surface area (Å²) in [6, 6.07) is 34.2. The van der Waals surface area contributed by atoms with Crippen molar-refractivity contribution in [3.8, 4) is 22.0 Å². The Morgan fingerprint density at radius 3 is 2.00 bits per heavy atom. The number of nitrogens with one attached hydrogen (secondary N) is 1. The third kappa shape index (κ3) is 5.51. The molecule has 3 aromatic carbocycles. The van der Waals surface area contributed by atoms with E-state index in [1.54, 1.807) is 6.20 Å². The molecule has 0 amide bonds. The Morgan fingerprint density at radius 2 is 1.43 bits per heavy atom. The number of thiophene rings is 1. The molecule has 4 aromatic heterocycles. The van der Waals surface area contributed by atoms with E-state index >= 15 is 4.39 Å². The summed E-state index contributed by atoms with van der Waals surface area (Å²) in [5, 5.41) is 15.6. The number of anilines is 1. The monoisotopic (exact) mass is 720 g/mol. The van der Waals surface area contributed by atoms with Gasteiger partial charge in [-0.05, 0) is 72.6 Å². The van der Waals surface area contributed by atoms with Crippen molar-refractivity contribution in [3.05, 3.63) is 149 Å². The maximum Gasteiger partial charge on any atom is 0.308 e. The van der Waals surface area contributed by atoms with Gasteiger partial charge in [-0.3, -0.25) is 4.79 Å². The minimum Gasteiger partial charge on any atom is -0.481 e. The summed E-state index contributed by atoms with van der Waals surface area (Å²) in [6.45, 7) is 1.89. The Bertz CT molecular complexity index is 2320. The van der Waals surface area contributed by atoms with E-state index in [9.17, 15) is 9.90 Å². The number of nitrogens with zero attached hydrogens (tertiary/aromatic N) is 5. The van der Waals surface area contributed by atoms with Crippen LogP contribution in [0.1, 0.15) is 48.1 Å². The van der Waals surface area contributed by atoms with E-state index in [-0.39, 0.29) is 29.2 Å². The molecular weight excluding hydrogens is 684 g/mol. The molecule has 8 nitrogen and oxygen atoms in total. The van der Waals surface area contributed by atoms with Gasteiger partial charge >= 0.3 is 5.97 Å². The number of carboxylic acid groups (broad SMARTS) is 1. The van der Waals surface area contributed by atoms with E-state index in [4.69, 9.17) is 19.9 Å². The summed E-state index contributed by atoms with van der Waals surface area (Å²) in [5.74, 6) is -1.62. The van der Waals surface area contributed by atoms with Crippen LogP contribution in [0, 0.1) is 30.5 Å². The zero-order valence-corrected chi connectivity index (χ0v) is 29.9. The number of carboxylic acids is 1. The van der Waals surface area contributed by atoms with Gasteiger partial charge in [0.15, 0.2) is 23.1 Å². The quantitative estimate of drug-likeness (QED) is 0.143. The smallest absolute Gasteiger partial charge is 0.308 e. The third-order valence-corrected chi connectivity index (χ3v) is 12.1. The molecular formula is C43H37FN6O2S. The third-order valence-electron chi connectivity index (χ3n) is 11.2. The van der Waals surface area contributed by atoms with Crippen molar-refractivity contribution >= 4 is 34.3 Å². The molecule has 0 spiro atoms. The SMILES string of the molecule is Cc1cnc2c(n1)c(-c1nc(NC3C4CCC(CC4)C3C(=O)O)c(F)c(-c3cccs3)n1)cn2C(c1ccccc1)(c1ccccc1)c1ccccc1. The van der Waals surface area contributed by atoms with Gasteiger partial charge < -0.3 is 15.0 Å². The molecule has 3 aliphatic rings. The number of carbonyl (C=O) groups is 1. The molecule has 2 atom stereocenters. The highest BCUT2D eigenvalue weighted by atomic mass is 32.1. The Kier molecular flexibility index (Phi) is 8.34. The Labute approximate surface area is 310 Å². The van der Waals surface area contributed by atoms with Gasteiger partial charge in [-0.2, -0.15) is 0 Å². The first-order chi connectivity index (χ1) is 25.9. The van der Waals surface area contributed by atoms with Crippen molar-refractivity contribution in [3.63, 3.8) is 0 Å². The van der Waals surface area contributed by atoms with Crippen LogP contribution in [-0.2, 0) is 10.3 Å². The van der Waals surface area contributed by atoms with E-state index in [1.807, 2.05) is 85.2 Å². The van der Waals surface area contributed by atoms with Gasteiger partial charge in [0.05, 0.1) is 28.2 Å². The molecule has 2 N–H and O–H groups in total. The van der Waals surface area contributed by atoms with Crippen molar-refractivity contribution in [1.29, 1.82) is 0 Å². The Hall–Kier alpha value is -5.74. The lowest BCUT2D eigenvalue weighted by Gasteiger charge is -2.47. The fourth-order valence-electron chi connectivity index (χ4n) is 8.86. The molecule has 10 heteroatoms. The van der Waals surface area contributed by atoms with Gasteiger partial charge in [-0.25, -0.2) is 24.3 Å². The normalized spacial score (nSPS) is 19.7. The van der Waals surface area contributed by atoms with E-state index in [1.165, 1.54) is 11.3 Å². The van der Waals surface area contributed by atoms with Gasteiger partial charge in [0.2, 0.25) is 0 Å². The van der Waals surface area contributed by atoms with Crippen LogP contribution in [0.15, 0.2) is 121 Å². The number of aliphatic carboxylic acids is 1. The summed E-state index contributed by atoms with van der Waals surface area (Å²) >= 11 is 1.39. The van der Waals surface area contributed by atoms with Crippen LogP contribution < -0.4 is 5.32 Å². The number of hydrogen-bond acceptors (Lipinski definition) is 7. The van der Waals surface area contributed by atoms with Gasteiger partial charge in [0.1, 0.15) is 16.7 Å². The molecule has 2 bridgehead atoms. The van der Waals surface area contributed by atoms with Crippen LogP contribution in [0.4, 0.5) is 10.2 Å². The van der Waals surface area contributed by atoms with Crippen LogP contribution in [0.25, 0.3) is 33.1 Å². The highest BCUT2D eigenvalue weighted by Crippen LogP contribution is 2.48.